The van der Waals surface area contributed by atoms with Crippen molar-refractivity contribution < 1.29 is 9.15 Å². The van der Waals surface area contributed by atoms with Crippen LogP contribution in [0.5, 0.6) is 6.01 Å². The van der Waals surface area contributed by atoms with Gasteiger partial charge in [-0.25, -0.2) is 0 Å². The summed E-state index contributed by atoms with van der Waals surface area (Å²) in [6.07, 6.45) is 3.27. The van der Waals surface area contributed by atoms with Gasteiger partial charge in [-0.05, 0) is 37.3 Å². The lowest BCUT2D eigenvalue weighted by Gasteiger charge is -2.10. The molecule has 0 aliphatic carbocycles. The minimum atomic E-state index is 0.249. The molecule has 24 heavy (non-hydrogen) atoms. The normalized spacial score (nSPS) is 10.4. The summed E-state index contributed by atoms with van der Waals surface area (Å²) < 4.78 is 10.4. The Kier molecular flexibility index (Phi) is 5.12. The third-order valence-electron chi connectivity index (χ3n) is 3.02. The van der Waals surface area contributed by atoms with Gasteiger partial charge >= 0.3 is 6.01 Å². The van der Waals surface area contributed by atoms with Crippen LogP contribution in [0.25, 0.3) is 0 Å². The van der Waals surface area contributed by atoms with Crippen molar-refractivity contribution in [1.82, 2.24) is 15.0 Å². The molecule has 0 aliphatic rings. The van der Waals surface area contributed by atoms with Crippen LogP contribution in [0.1, 0.15) is 12.5 Å². The molecule has 2 heterocycles. The summed E-state index contributed by atoms with van der Waals surface area (Å²) in [6.45, 7) is 2.87. The van der Waals surface area contributed by atoms with Gasteiger partial charge < -0.3 is 19.8 Å². The van der Waals surface area contributed by atoms with Gasteiger partial charge in [0.2, 0.25) is 11.9 Å². The number of nitrogens with zero attached hydrogens (tertiary/aromatic N) is 3. The van der Waals surface area contributed by atoms with E-state index in [1.165, 1.54) is 0 Å². The van der Waals surface area contributed by atoms with Crippen molar-refractivity contribution in [2.24, 2.45) is 0 Å². The highest BCUT2D eigenvalue weighted by atomic mass is 35.5. The van der Waals surface area contributed by atoms with Gasteiger partial charge in [-0.3, -0.25) is 0 Å². The molecule has 0 aliphatic heterocycles. The highest BCUT2D eigenvalue weighted by molar-refractivity contribution is 6.30. The van der Waals surface area contributed by atoms with Crippen molar-refractivity contribution in [1.29, 1.82) is 0 Å². The summed E-state index contributed by atoms with van der Waals surface area (Å²) in [5, 5.41) is 6.88. The molecular weight excluding hydrogens is 330 g/mol. The van der Waals surface area contributed by atoms with Gasteiger partial charge in [-0.2, -0.15) is 15.0 Å². The Morgan fingerprint density at radius 3 is 2.58 bits per heavy atom. The van der Waals surface area contributed by atoms with Gasteiger partial charge in [-0.15, -0.1) is 0 Å². The number of aromatic nitrogens is 3. The van der Waals surface area contributed by atoms with Crippen LogP contribution in [-0.2, 0) is 6.54 Å². The maximum Gasteiger partial charge on any atom is 0.323 e. The summed E-state index contributed by atoms with van der Waals surface area (Å²) in [5.74, 6) is 0.788. The number of ether oxygens (including phenoxy) is 1. The molecule has 0 radical (unpaired) electrons. The molecule has 124 valence electrons. The van der Waals surface area contributed by atoms with Gasteiger partial charge in [0.15, 0.2) is 0 Å². The fourth-order valence-electron chi connectivity index (χ4n) is 1.92. The Balaban J connectivity index is 1.77. The van der Waals surface area contributed by atoms with Crippen LogP contribution >= 0.6 is 11.6 Å². The number of rotatable bonds is 7. The van der Waals surface area contributed by atoms with Gasteiger partial charge in [0.05, 0.1) is 19.1 Å². The van der Waals surface area contributed by atoms with Crippen molar-refractivity contribution in [3.05, 3.63) is 53.4 Å². The zero-order valence-corrected chi connectivity index (χ0v) is 13.7. The first-order valence-electron chi connectivity index (χ1n) is 7.39. The molecule has 3 rings (SSSR count). The second-order valence-electron chi connectivity index (χ2n) is 4.82. The Morgan fingerprint density at radius 2 is 1.88 bits per heavy atom. The van der Waals surface area contributed by atoms with E-state index in [0.717, 1.165) is 11.3 Å². The molecule has 0 atom stereocenters. The number of nitrogens with one attached hydrogen (secondary N) is 2. The lowest BCUT2D eigenvalue weighted by Crippen LogP contribution is -2.09. The second-order valence-corrected chi connectivity index (χ2v) is 5.25. The molecule has 0 spiro atoms. The minimum Gasteiger partial charge on any atom is -0.472 e. The molecule has 0 unspecified atom stereocenters. The van der Waals surface area contributed by atoms with E-state index in [9.17, 15) is 0 Å². The number of halogens is 1. The highest BCUT2D eigenvalue weighted by Crippen LogP contribution is 2.19. The highest BCUT2D eigenvalue weighted by Gasteiger charge is 2.08. The first-order chi connectivity index (χ1) is 11.7. The fourth-order valence-corrected chi connectivity index (χ4v) is 2.05. The summed E-state index contributed by atoms with van der Waals surface area (Å²) in [6, 6.07) is 9.36. The zero-order valence-electron chi connectivity index (χ0n) is 13.0. The molecule has 1 aromatic carbocycles. The SMILES string of the molecule is CCOc1nc(NCc2ccoc2)nc(Nc2ccc(Cl)cc2)n1. The van der Waals surface area contributed by atoms with E-state index in [4.69, 9.17) is 20.8 Å². The smallest absolute Gasteiger partial charge is 0.323 e. The zero-order chi connectivity index (χ0) is 16.8. The van der Waals surface area contributed by atoms with E-state index in [-0.39, 0.29) is 6.01 Å². The van der Waals surface area contributed by atoms with Crippen LogP contribution in [0.3, 0.4) is 0 Å². The van der Waals surface area contributed by atoms with Crippen LogP contribution in [0.2, 0.25) is 5.02 Å². The maximum absolute atomic E-state index is 5.89. The predicted octanol–water partition coefficient (Wildman–Crippen LogP) is 3.87. The molecule has 2 aromatic heterocycles. The van der Waals surface area contributed by atoms with Crippen molar-refractivity contribution in [2.75, 3.05) is 17.2 Å². The van der Waals surface area contributed by atoms with Crippen LogP contribution < -0.4 is 15.4 Å². The Labute approximate surface area is 144 Å². The van der Waals surface area contributed by atoms with Crippen LogP contribution in [0, 0.1) is 0 Å². The average Bonchev–Trinajstić information content (AvgIpc) is 3.09. The first kappa shape index (κ1) is 16.1. The third kappa shape index (κ3) is 4.36. The standard InChI is InChI=1S/C16H16ClN5O2/c1-2-24-16-21-14(18-9-11-7-8-23-10-11)20-15(22-16)19-13-5-3-12(17)4-6-13/h3-8,10H,2,9H2,1H3,(H2,18,19,20,21,22). The summed E-state index contributed by atoms with van der Waals surface area (Å²) in [4.78, 5) is 12.8. The lowest BCUT2D eigenvalue weighted by atomic mass is 10.3. The summed E-state index contributed by atoms with van der Waals surface area (Å²) in [5.41, 5.74) is 1.80. The van der Waals surface area contributed by atoms with Crippen molar-refractivity contribution in [2.45, 2.75) is 13.5 Å². The molecule has 8 heteroatoms. The number of furan rings is 1. The van der Waals surface area contributed by atoms with E-state index < -0.39 is 0 Å². The Bertz CT molecular complexity index is 778. The molecular formula is C16H16ClN5O2. The number of hydrogen-bond acceptors (Lipinski definition) is 7. The molecule has 0 amide bonds. The van der Waals surface area contributed by atoms with Gasteiger partial charge in [0, 0.05) is 22.8 Å². The van der Waals surface area contributed by atoms with Crippen molar-refractivity contribution >= 4 is 29.2 Å². The monoisotopic (exact) mass is 345 g/mol. The topological polar surface area (TPSA) is 85.1 Å². The largest absolute Gasteiger partial charge is 0.472 e. The van der Waals surface area contributed by atoms with E-state index in [1.807, 2.05) is 25.1 Å². The summed E-state index contributed by atoms with van der Waals surface area (Å²) >= 11 is 5.89. The fraction of sp³-hybridized carbons (Fsp3) is 0.188. The van der Waals surface area contributed by atoms with Crippen LogP contribution in [-0.4, -0.2) is 21.6 Å². The third-order valence-corrected chi connectivity index (χ3v) is 3.27. The van der Waals surface area contributed by atoms with Crippen LogP contribution in [0.15, 0.2) is 47.3 Å². The Hall–Kier alpha value is -2.80. The van der Waals surface area contributed by atoms with Gasteiger partial charge in [-0.1, -0.05) is 11.6 Å². The van der Waals surface area contributed by atoms with Crippen LogP contribution in [0.4, 0.5) is 17.6 Å². The van der Waals surface area contributed by atoms with E-state index >= 15 is 0 Å². The molecule has 0 fully saturated rings. The molecule has 0 bridgehead atoms. The molecule has 0 saturated heterocycles. The Morgan fingerprint density at radius 1 is 1.08 bits per heavy atom. The molecule has 3 aromatic rings. The summed E-state index contributed by atoms with van der Waals surface area (Å²) in [7, 11) is 0. The second kappa shape index (κ2) is 7.65. The van der Waals surface area contributed by atoms with Gasteiger partial charge in [0.1, 0.15) is 0 Å². The molecule has 7 nitrogen and oxygen atoms in total. The number of benzene rings is 1. The molecule has 0 saturated carbocycles. The predicted molar refractivity (Wildman–Crippen MR) is 91.8 cm³/mol. The number of hydrogen-bond donors (Lipinski definition) is 2. The van der Waals surface area contributed by atoms with Crippen molar-refractivity contribution in [3.63, 3.8) is 0 Å². The van der Waals surface area contributed by atoms with Crippen molar-refractivity contribution in [3.8, 4) is 6.01 Å². The maximum atomic E-state index is 5.89. The van der Waals surface area contributed by atoms with E-state index in [1.54, 1.807) is 24.7 Å². The minimum absolute atomic E-state index is 0.249. The van der Waals surface area contributed by atoms with E-state index in [2.05, 4.69) is 25.6 Å². The van der Waals surface area contributed by atoms with Gasteiger partial charge in [0.25, 0.3) is 0 Å². The number of anilines is 3. The molecule has 2 N–H and O–H groups in total. The first-order valence-corrected chi connectivity index (χ1v) is 7.77. The van der Waals surface area contributed by atoms with E-state index in [0.29, 0.717) is 30.1 Å². The lowest BCUT2D eigenvalue weighted by molar-refractivity contribution is 0.312. The quantitative estimate of drug-likeness (QED) is 0.672. The average molecular weight is 346 g/mol.